The van der Waals surface area contributed by atoms with Crippen LogP contribution in [0.4, 0.5) is 18.2 Å². The summed E-state index contributed by atoms with van der Waals surface area (Å²) in [6.07, 6.45) is -2.79. The van der Waals surface area contributed by atoms with Crippen molar-refractivity contribution in [1.82, 2.24) is 4.90 Å². The number of alkyl halides is 3. The highest BCUT2D eigenvalue weighted by molar-refractivity contribution is 8.00. The van der Waals surface area contributed by atoms with E-state index in [-0.39, 0.29) is 22.7 Å². The summed E-state index contributed by atoms with van der Waals surface area (Å²) in [6.45, 7) is 0.213. The van der Waals surface area contributed by atoms with E-state index in [9.17, 15) is 27.6 Å². The third-order valence-electron chi connectivity index (χ3n) is 3.40. The Morgan fingerprint density at radius 2 is 2.04 bits per heavy atom. The topological polar surface area (TPSA) is 66.5 Å². The molecule has 1 aromatic heterocycles. The lowest BCUT2D eigenvalue weighted by molar-refractivity contribution is -0.167. The Kier molecular flexibility index (Phi) is 4.13. The second-order valence-electron chi connectivity index (χ2n) is 5.14. The summed E-state index contributed by atoms with van der Waals surface area (Å²) in [4.78, 5) is 36.5. The van der Waals surface area contributed by atoms with E-state index in [1.54, 1.807) is 17.1 Å². The summed E-state index contributed by atoms with van der Waals surface area (Å²) in [5.41, 5.74) is -0.0945. The van der Waals surface area contributed by atoms with Crippen LogP contribution in [0, 0.1) is 0 Å². The third kappa shape index (κ3) is 3.23. The number of nitrogens with zero attached hydrogens (tertiary/aromatic N) is 1. The van der Waals surface area contributed by atoms with Crippen LogP contribution in [0.25, 0.3) is 0 Å². The molecule has 10 heteroatoms. The highest BCUT2D eigenvalue weighted by Crippen LogP contribution is 2.37. The molecule has 0 bridgehead atoms. The Balaban J connectivity index is 1.72. The lowest BCUT2D eigenvalue weighted by Crippen LogP contribution is -2.33. The van der Waals surface area contributed by atoms with Crippen molar-refractivity contribution in [1.29, 1.82) is 0 Å². The highest BCUT2D eigenvalue weighted by Gasteiger charge is 2.43. The van der Waals surface area contributed by atoms with Gasteiger partial charge >= 0.3 is 12.1 Å². The van der Waals surface area contributed by atoms with Crippen LogP contribution in [0.1, 0.15) is 33.6 Å². The van der Waals surface area contributed by atoms with Crippen molar-refractivity contribution < 1.29 is 27.6 Å². The van der Waals surface area contributed by atoms with Crippen LogP contribution in [0.3, 0.4) is 0 Å². The fourth-order valence-corrected chi connectivity index (χ4v) is 4.13. The van der Waals surface area contributed by atoms with E-state index >= 15 is 0 Å². The molecule has 0 unspecified atom stereocenters. The quantitative estimate of drug-likeness (QED) is 0.816. The molecule has 3 amide bonds. The Labute approximate surface area is 137 Å². The van der Waals surface area contributed by atoms with Crippen molar-refractivity contribution in [2.45, 2.75) is 24.3 Å². The van der Waals surface area contributed by atoms with E-state index in [0.717, 1.165) is 29.1 Å². The van der Waals surface area contributed by atoms with E-state index in [1.807, 2.05) is 0 Å². The van der Waals surface area contributed by atoms with Gasteiger partial charge in [0.2, 0.25) is 0 Å². The summed E-state index contributed by atoms with van der Waals surface area (Å²) >= 11 is 2.41. The number of thiophene rings is 1. The molecule has 1 fully saturated rings. The highest BCUT2D eigenvalue weighted by atomic mass is 32.2. The van der Waals surface area contributed by atoms with Gasteiger partial charge in [-0.25, -0.2) is 0 Å². The Morgan fingerprint density at radius 1 is 1.35 bits per heavy atom. The summed E-state index contributed by atoms with van der Waals surface area (Å²) < 4.78 is 37.0. The summed E-state index contributed by atoms with van der Waals surface area (Å²) in [5, 5.41) is 3.31. The summed E-state index contributed by atoms with van der Waals surface area (Å²) in [5.74, 6) is -2.74. The van der Waals surface area contributed by atoms with Crippen molar-refractivity contribution in [2.75, 3.05) is 17.6 Å². The largest absolute Gasteiger partial charge is 0.471 e. The number of rotatable bonds is 5. The van der Waals surface area contributed by atoms with Crippen LogP contribution < -0.4 is 5.32 Å². The molecule has 1 aromatic rings. The van der Waals surface area contributed by atoms with Crippen LogP contribution in [0.15, 0.2) is 5.38 Å². The molecular weight excluding hydrogens is 353 g/mol. The molecule has 0 atom stereocenters. The average Bonchev–Trinajstić information content (AvgIpc) is 3.15. The van der Waals surface area contributed by atoms with E-state index in [0.29, 0.717) is 11.0 Å². The van der Waals surface area contributed by atoms with Crippen molar-refractivity contribution in [3.8, 4) is 0 Å². The van der Waals surface area contributed by atoms with Crippen molar-refractivity contribution >= 4 is 45.8 Å². The maximum Gasteiger partial charge on any atom is 0.471 e. The number of halogens is 3. The monoisotopic (exact) mass is 364 g/mol. The minimum atomic E-state index is -5.05. The van der Waals surface area contributed by atoms with Gasteiger partial charge in [0.25, 0.3) is 11.8 Å². The number of anilines is 1. The third-order valence-corrected chi connectivity index (χ3v) is 5.66. The smallest absolute Gasteiger partial charge is 0.309 e. The Hall–Kier alpha value is -1.55. The van der Waals surface area contributed by atoms with E-state index in [1.165, 1.54) is 5.38 Å². The zero-order valence-corrected chi connectivity index (χ0v) is 13.2. The van der Waals surface area contributed by atoms with Gasteiger partial charge in [-0.15, -0.1) is 11.3 Å². The molecule has 2 aliphatic rings. The predicted molar refractivity (Wildman–Crippen MR) is 79.9 cm³/mol. The maximum absolute atomic E-state index is 12.3. The van der Waals surface area contributed by atoms with Gasteiger partial charge in [-0.2, -0.15) is 24.9 Å². The average molecular weight is 364 g/mol. The number of hydrogen-bond acceptors (Lipinski definition) is 5. The van der Waals surface area contributed by atoms with Crippen LogP contribution in [0.5, 0.6) is 0 Å². The number of hydrogen-bond donors (Lipinski definition) is 1. The van der Waals surface area contributed by atoms with E-state index in [4.69, 9.17) is 0 Å². The van der Waals surface area contributed by atoms with Gasteiger partial charge in [0.15, 0.2) is 0 Å². The lowest BCUT2D eigenvalue weighted by Gasteiger charge is -2.14. The van der Waals surface area contributed by atoms with E-state index in [2.05, 4.69) is 0 Å². The fourth-order valence-electron chi connectivity index (χ4n) is 2.11. The van der Waals surface area contributed by atoms with Gasteiger partial charge < -0.3 is 5.32 Å². The predicted octanol–water partition coefficient (Wildman–Crippen LogP) is 2.74. The molecule has 1 saturated carbocycles. The van der Waals surface area contributed by atoms with Crippen molar-refractivity contribution in [2.24, 2.45) is 0 Å². The van der Waals surface area contributed by atoms with Crippen LogP contribution in [-0.2, 0) is 4.79 Å². The molecule has 1 aliphatic carbocycles. The number of carbonyl (C=O) groups excluding carboxylic acids is 3. The Bertz CT molecular complexity index is 682. The number of fused-ring (bicyclic) bond motifs is 1. The van der Waals surface area contributed by atoms with Crippen LogP contribution in [-0.4, -0.2) is 46.3 Å². The summed E-state index contributed by atoms with van der Waals surface area (Å²) in [6, 6.07) is 0. The minimum absolute atomic E-state index is 0.0499. The minimum Gasteiger partial charge on any atom is -0.309 e. The molecule has 1 N–H and O–H groups in total. The molecule has 0 radical (unpaired) electrons. The summed E-state index contributed by atoms with van der Waals surface area (Å²) in [7, 11) is 0. The van der Waals surface area contributed by atoms with Crippen LogP contribution in [0.2, 0.25) is 0 Å². The number of imide groups is 1. The molecule has 0 spiro atoms. The number of thioether (sulfide) groups is 1. The molecule has 3 rings (SSSR count). The maximum atomic E-state index is 12.3. The first kappa shape index (κ1) is 16.3. The first-order chi connectivity index (χ1) is 10.8. The van der Waals surface area contributed by atoms with Gasteiger partial charge in [-0.1, -0.05) is 0 Å². The molecule has 2 heterocycles. The van der Waals surface area contributed by atoms with Crippen LogP contribution >= 0.6 is 23.1 Å². The molecular formula is C13H11F3N2O3S2. The van der Waals surface area contributed by atoms with E-state index < -0.39 is 23.9 Å². The van der Waals surface area contributed by atoms with Gasteiger partial charge in [-0.05, 0) is 12.8 Å². The SMILES string of the molecule is O=C1c2csc(NC(=O)C(F)(F)F)c2C(=O)N1CCSC1CC1. The molecule has 0 saturated heterocycles. The second kappa shape index (κ2) is 5.82. The molecule has 23 heavy (non-hydrogen) atoms. The van der Waals surface area contributed by atoms with Gasteiger partial charge in [-0.3, -0.25) is 19.3 Å². The fraction of sp³-hybridized carbons (Fsp3) is 0.462. The lowest BCUT2D eigenvalue weighted by atomic mass is 10.2. The zero-order valence-electron chi connectivity index (χ0n) is 11.6. The number of nitrogens with one attached hydrogen (secondary N) is 1. The second-order valence-corrected chi connectivity index (χ2v) is 7.43. The molecule has 0 aromatic carbocycles. The number of amides is 3. The van der Waals surface area contributed by atoms with Crippen molar-refractivity contribution in [3.05, 3.63) is 16.5 Å². The molecule has 1 aliphatic heterocycles. The van der Waals surface area contributed by atoms with Gasteiger partial charge in [0.1, 0.15) is 5.00 Å². The van der Waals surface area contributed by atoms with Gasteiger partial charge in [0.05, 0.1) is 11.1 Å². The van der Waals surface area contributed by atoms with Gasteiger partial charge in [0, 0.05) is 22.9 Å². The zero-order chi connectivity index (χ0) is 16.8. The first-order valence-electron chi connectivity index (χ1n) is 6.76. The molecule has 124 valence electrons. The number of carbonyl (C=O) groups is 3. The Morgan fingerprint density at radius 3 is 2.65 bits per heavy atom. The normalized spacial score (nSPS) is 17.6. The first-order valence-corrected chi connectivity index (χ1v) is 8.69. The molecule has 5 nitrogen and oxygen atoms in total. The standard InChI is InChI=1S/C13H11F3N2O3S2/c14-13(15,16)12(21)17-9-8-7(5-23-9)10(19)18(11(8)20)3-4-22-6-1-2-6/h5-6H,1-4H2,(H,17,21). The van der Waals surface area contributed by atoms with Crippen molar-refractivity contribution in [3.63, 3.8) is 0 Å².